The van der Waals surface area contributed by atoms with E-state index in [-0.39, 0.29) is 5.56 Å². The van der Waals surface area contributed by atoms with E-state index in [0.717, 1.165) is 15.2 Å². The van der Waals surface area contributed by atoms with Gasteiger partial charge in [0.05, 0.1) is 15.2 Å². The number of aromatic amines is 2. The Hall–Kier alpha value is -2.47. The summed E-state index contributed by atoms with van der Waals surface area (Å²) in [4.78, 5) is 32.8. The van der Waals surface area contributed by atoms with E-state index in [1.807, 2.05) is 24.3 Å². The van der Waals surface area contributed by atoms with Crippen LogP contribution in [-0.4, -0.2) is 15.0 Å². The van der Waals surface area contributed by atoms with Crippen molar-refractivity contribution in [1.82, 2.24) is 15.0 Å². The highest BCUT2D eigenvalue weighted by Gasteiger charge is 2.11. The van der Waals surface area contributed by atoms with Crippen LogP contribution >= 0.6 is 11.3 Å². The third kappa shape index (κ3) is 2.71. The van der Waals surface area contributed by atoms with Gasteiger partial charge < -0.3 is 4.98 Å². The lowest BCUT2D eigenvalue weighted by Gasteiger charge is -2.04. The van der Waals surface area contributed by atoms with Crippen molar-refractivity contribution in [3.8, 4) is 0 Å². The Morgan fingerprint density at radius 2 is 2.05 bits per heavy atom. The van der Waals surface area contributed by atoms with Crippen molar-refractivity contribution in [3.63, 3.8) is 0 Å². The molecule has 0 saturated heterocycles. The number of rotatable bonds is 4. The Balaban J connectivity index is 2.06. The van der Waals surface area contributed by atoms with Gasteiger partial charge in [-0.1, -0.05) is 18.2 Å². The molecule has 0 atom stereocenters. The van der Waals surface area contributed by atoms with Gasteiger partial charge >= 0.3 is 5.69 Å². The van der Waals surface area contributed by atoms with E-state index in [9.17, 15) is 9.59 Å². The number of benzene rings is 1. The minimum atomic E-state index is -0.496. The number of thiazole rings is 1. The van der Waals surface area contributed by atoms with Gasteiger partial charge in [-0.3, -0.25) is 9.78 Å². The number of allylic oxidation sites excluding steroid dienone is 1. The Morgan fingerprint density at radius 3 is 2.81 bits per heavy atom. The van der Waals surface area contributed by atoms with Gasteiger partial charge in [0.1, 0.15) is 0 Å². The molecule has 6 heteroatoms. The fourth-order valence-electron chi connectivity index (χ4n) is 2.22. The van der Waals surface area contributed by atoms with Crippen molar-refractivity contribution >= 4 is 21.6 Å². The first-order valence-electron chi connectivity index (χ1n) is 6.47. The Kier molecular flexibility index (Phi) is 3.53. The summed E-state index contributed by atoms with van der Waals surface area (Å²) in [5.41, 5.74) is 1.19. The monoisotopic (exact) mass is 299 g/mol. The van der Waals surface area contributed by atoms with E-state index in [4.69, 9.17) is 0 Å². The molecule has 0 aliphatic rings. The second kappa shape index (κ2) is 5.49. The summed E-state index contributed by atoms with van der Waals surface area (Å²) in [5.74, 6) is 0. The van der Waals surface area contributed by atoms with Crippen LogP contribution in [0.25, 0.3) is 10.2 Å². The van der Waals surface area contributed by atoms with Crippen LogP contribution in [0.5, 0.6) is 0 Å². The Labute approximate surface area is 124 Å². The van der Waals surface area contributed by atoms with Crippen LogP contribution in [0.15, 0.2) is 46.5 Å². The number of fused-ring (bicyclic) bond motifs is 1. The molecule has 2 N–H and O–H groups in total. The first kappa shape index (κ1) is 13.5. The summed E-state index contributed by atoms with van der Waals surface area (Å²) in [6, 6.07) is 7.84. The Morgan fingerprint density at radius 1 is 1.24 bits per heavy atom. The maximum atomic E-state index is 11.9. The predicted octanol–water partition coefficient (Wildman–Crippen LogP) is 1.99. The van der Waals surface area contributed by atoms with Gasteiger partial charge in [0.2, 0.25) is 0 Å². The summed E-state index contributed by atoms with van der Waals surface area (Å²) < 4.78 is 1.09. The van der Waals surface area contributed by atoms with Crippen molar-refractivity contribution in [2.75, 3.05) is 0 Å². The lowest BCUT2D eigenvalue weighted by atomic mass is 10.1. The van der Waals surface area contributed by atoms with Gasteiger partial charge in [0, 0.05) is 17.7 Å². The number of hydrogen-bond acceptors (Lipinski definition) is 4. The summed E-state index contributed by atoms with van der Waals surface area (Å²) in [6.07, 6.45) is 2.48. The highest BCUT2D eigenvalue weighted by Crippen LogP contribution is 2.23. The molecule has 0 fully saturated rings. The average Bonchev–Trinajstić information content (AvgIpc) is 2.84. The highest BCUT2D eigenvalue weighted by molar-refractivity contribution is 7.18. The van der Waals surface area contributed by atoms with Gasteiger partial charge in [-0.2, -0.15) is 0 Å². The number of H-pyrrole nitrogens is 2. The fraction of sp³-hybridized carbons (Fsp3) is 0.133. The largest absolute Gasteiger partial charge is 0.325 e. The van der Waals surface area contributed by atoms with Crippen molar-refractivity contribution in [1.29, 1.82) is 0 Å². The summed E-state index contributed by atoms with van der Waals surface area (Å²) >= 11 is 1.56. The molecule has 0 aliphatic heterocycles. The van der Waals surface area contributed by atoms with E-state index >= 15 is 0 Å². The van der Waals surface area contributed by atoms with Gasteiger partial charge in [0.15, 0.2) is 0 Å². The molecule has 0 radical (unpaired) electrons. The zero-order valence-electron chi connectivity index (χ0n) is 11.2. The average molecular weight is 299 g/mol. The van der Waals surface area contributed by atoms with Crippen LogP contribution < -0.4 is 11.2 Å². The zero-order chi connectivity index (χ0) is 14.8. The molecule has 3 aromatic rings. The molecule has 5 nitrogen and oxygen atoms in total. The van der Waals surface area contributed by atoms with Crippen LogP contribution in [0.3, 0.4) is 0 Å². The molecule has 106 valence electrons. The van der Waals surface area contributed by atoms with Crippen molar-refractivity contribution < 1.29 is 0 Å². The molecule has 0 unspecified atom stereocenters. The molecular weight excluding hydrogens is 286 g/mol. The third-order valence-corrected chi connectivity index (χ3v) is 4.18. The van der Waals surface area contributed by atoms with Crippen LogP contribution in [0.2, 0.25) is 0 Å². The minimum absolute atomic E-state index is 0.366. The van der Waals surface area contributed by atoms with Crippen molar-refractivity contribution in [3.05, 3.63) is 74.0 Å². The standard InChI is InChI=1S/C15H13N3O2S/c1-2-5-9-11(17-15(20)18-14(9)19)8-13-16-10-6-3-4-7-12(10)21-13/h2-4,6-7H,1,5,8H2,(H2,17,18,19,20). The Bertz CT molecular complexity index is 887. The molecule has 2 heterocycles. The summed E-state index contributed by atoms with van der Waals surface area (Å²) in [5, 5.41) is 0.864. The van der Waals surface area contributed by atoms with Crippen molar-refractivity contribution in [2.24, 2.45) is 0 Å². The minimum Gasteiger partial charge on any atom is -0.311 e. The van der Waals surface area contributed by atoms with Gasteiger partial charge in [0.25, 0.3) is 5.56 Å². The van der Waals surface area contributed by atoms with Gasteiger partial charge in [-0.15, -0.1) is 17.9 Å². The van der Waals surface area contributed by atoms with Gasteiger partial charge in [-0.25, -0.2) is 9.78 Å². The summed E-state index contributed by atoms with van der Waals surface area (Å²) in [6.45, 7) is 3.64. The first-order chi connectivity index (χ1) is 10.2. The van der Waals surface area contributed by atoms with E-state index in [2.05, 4.69) is 21.5 Å². The van der Waals surface area contributed by atoms with E-state index in [0.29, 0.717) is 24.1 Å². The van der Waals surface area contributed by atoms with Crippen molar-refractivity contribution in [2.45, 2.75) is 12.8 Å². The highest BCUT2D eigenvalue weighted by atomic mass is 32.1. The van der Waals surface area contributed by atoms with Crippen LogP contribution in [0.1, 0.15) is 16.3 Å². The molecule has 1 aromatic carbocycles. The van der Waals surface area contributed by atoms with Crippen LogP contribution in [0, 0.1) is 0 Å². The fourth-order valence-corrected chi connectivity index (χ4v) is 3.20. The van der Waals surface area contributed by atoms with E-state index in [1.165, 1.54) is 0 Å². The second-order valence-corrected chi connectivity index (χ2v) is 5.73. The predicted molar refractivity (Wildman–Crippen MR) is 84.0 cm³/mol. The molecule has 21 heavy (non-hydrogen) atoms. The molecule has 0 aliphatic carbocycles. The quantitative estimate of drug-likeness (QED) is 0.723. The van der Waals surface area contributed by atoms with Crippen LogP contribution in [-0.2, 0) is 12.8 Å². The molecule has 3 rings (SSSR count). The number of para-hydroxylation sites is 1. The second-order valence-electron chi connectivity index (χ2n) is 4.61. The summed E-state index contributed by atoms with van der Waals surface area (Å²) in [7, 11) is 0. The van der Waals surface area contributed by atoms with E-state index in [1.54, 1.807) is 17.4 Å². The first-order valence-corrected chi connectivity index (χ1v) is 7.28. The van der Waals surface area contributed by atoms with Crippen LogP contribution in [0.4, 0.5) is 0 Å². The molecular formula is C15H13N3O2S. The van der Waals surface area contributed by atoms with Gasteiger partial charge in [-0.05, 0) is 18.6 Å². The number of nitrogens with one attached hydrogen (secondary N) is 2. The molecule has 0 bridgehead atoms. The number of aromatic nitrogens is 3. The zero-order valence-corrected chi connectivity index (χ0v) is 12.0. The molecule has 2 aromatic heterocycles. The molecule has 0 saturated carbocycles. The van der Waals surface area contributed by atoms with E-state index < -0.39 is 5.69 Å². The molecule has 0 amide bonds. The molecule has 0 spiro atoms. The lowest BCUT2D eigenvalue weighted by Crippen LogP contribution is -2.28. The topological polar surface area (TPSA) is 78.6 Å². The third-order valence-electron chi connectivity index (χ3n) is 3.14. The maximum Gasteiger partial charge on any atom is 0.325 e. The number of nitrogens with zero attached hydrogens (tertiary/aromatic N) is 1. The normalized spacial score (nSPS) is 10.9. The number of hydrogen-bond donors (Lipinski definition) is 2. The smallest absolute Gasteiger partial charge is 0.311 e. The maximum absolute atomic E-state index is 11.9. The lowest BCUT2D eigenvalue weighted by molar-refractivity contribution is 0.904. The SMILES string of the molecule is C=CCc1c(Cc2nc3ccccc3s2)[nH]c(=O)[nH]c1=O.